The highest BCUT2D eigenvalue weighted by molar-refractivity contribution is 7.89. The molecule has 0 aliphatic rings. The molecule has 0 spiro atoms. The van der Waals surface area contributed by atoms with E-state index in [9.17, 15) is 26.0 Å². The topological polar surface area (TPSA) is 78.6 Å². The van der Waals surface area contributed by atoms with Crippen molar-refractivity contribution in [2.75, 3.05) is 13.2 Å². The van der Waals surface area contributed by atoms with Crippen LogP contribution in [0.5, 0.6) is 5.75 Å². The Labute approximate surface area is 106 Å². The highest BCUT2D eigenvalue weighted by Gasteiger charge is 2.28. The summed E-state index contributed by atoms with van der Waals surface area (Å²) < 4.78 is 78.3. The van der Waals surface area contributed by atoms with Gasteiger partial charge in [-0.15, -0.1) is 13.2 Å². The van der Waals surface area contributed by atoms with E-state index in [-0.39, 0.29) is 5.75 Å². The Morgan fingerprint density at radius 2 is 1.84 bits per heavy atom. The van der Waals surface area contributed by atoms with Crippen LogP contribution in [0.4, 0.5) is 17.6 Å². The summed E-state index contributed by atoms with van der Waals surface area (Å²) in [5.74, 6) is -1.22. The van der Waals surface area contributed by atoms with Gasteiger partial charge in [-0.2, -0.15) is 0 Å². The maximum atomic E-state index is 12.9. The maximum absolute atomic E-state index is 12.9. The standard InChI is InChI=1S/C9H9F4NO4S/c10-6-1-2-7(8(5-6)19(14,15)16)17-3-4-18-9(11,12)13/h1-2,5H,3-4H2,(H2,14,15,16). The molecule has 0 saturated heterocycles. The molecule has 5 nitrogen and oxygen atoms in total. The van der Waals surface area contributed by atoms with Crippen LogP contribution in [-0.2, 0) is 14.8 Å². The number of nitrogens with two attached hydrogens (primary N) is 1. The van der Waals surface area contributed by atoms with Crippen molar-refractivity contribution >= 4 is 10.0 Å². The molecule has 0 aromatic heterocycles. The Morgan fingerprint density at radius 3 is 2.37 bits per heavy atom. The smallest absolute Gasteiger partial charge is 0.490 e. The van der Waals surface area contributed by atoms with E-state index >= 15 is 0 Å². The summed E-state index contributed by atoms with van der Waals surface area (Å²) >= 11 is 0. The minimum Gasteiger partial charge on any atom is -0.490 e. The number of primary sulfonamides is 1. The van der Waals surface area contributed by atoms with Crippen molar-refractivity contribution in [3.8, 4) is 5.75 Å². The average molecular weight is 303 g/mol. The van der Waals surface area contributed by atoms with Crippen LogP contribution in [-0.4, -0.2) is 28.0 Å². The van der Waals surface area contributed by atoms with Crippen LogP contribution in [0, 0.1) is 5.82 Å². The van der Waals surface area contributed by atoms with Gasteiger partial charge in [0, 0.05) is 0 Å². The van der Waals surface area contributed by atoms with Crippen LogP contribution in [0.3, 0.4) is 0 Å². The molecule has 1 aromatic rings. The second-order valence-electron chi connectivity index (χ2n) is 3.28. The molecule has 10 heteroatoms. The molecular formula is C9H9F4NO4S. The van der Waals surface area contributed by atoms with Crippen LogP contribution in [0.2, 0.25) is 0 Å². The fraction of sp³-hybridized carbons (Fsp3) is 0.333. The van der Waals surface area contributed by atoms with Gasteiger partial charge in [-0.1, -0.05) is 0 Å². The number of sulfonamides is 1. The molecule has 1 rings (SSSR count). The zero-order chi connectivity index (χ0) is 14.7. The maximum Gasteiger partial charge on any atom is 0.522 e. The molecule has 0 atom stereocenters. The van der Waals surface area contributed by atoms with Gasteiger partial charge in [0.2, 0.25) is 10.0 Å². The molecule has 1 aromatic carbocycles. The minimum atomic E-state index is -4.81. The summed E-state index contributed by atoms with van der Waals surface area (Å²) in [4.78, 5) is -0.653. The lowest BCUT2D eigenvalue weighted by Gasteiger charge is -2.11. The third kappa shape index (κ3) is 5.41. The first-order chi connectivity index (χ1) is 8.59. The van der Waals surface area contributed by atoms with Crippen molar-refractivity contribution in [3.05, 3.63) is 24.0 Å². The van der Waals surface area contributed by atoms with Gasteiger partial charge in [-0.3, -0.25) is 4.74 Å². The Hall–Kier alpha value is -1.39. The first kappa shape index (κ1) is 15.7. The van der Waals surface area contributed by atoms with E-state index < -0.39 is 40.3 Å². The molecule has 0 heterocycles. The van der Waals surface area contributed by atoms with Crippen molar-refractivity contribution in [2.45, 2.75) is 11.3 Å². The Balaban J connectivity index is 2.74. The number of ether oxygens (including phenoxy) is 2. The van der Waals surface area contributed by atoms with E-state index in [0.29, 0.717) is 6.07 Å². The van der Waals surface area contributed by atoms with E-state index in [1.165, 1.54) is 0 Å². The minimum absolute atomic E-state index is 0.352. The van der Waals surface area contributed by atoms with E-state index in [2.05, 4.69) is 4.74 Å². The van der Waals surface area contributed by atoms with E-state index in [0.717, 1.165) is 12.1 Å². The molecular weight excluding hydrogens is 294 g/mol. The number of halogens is 4. The van der Waals surface area contributed by atoms with Crippen molar-refractivity contribution in [1.82, 2.24) is 0 Å². The second-order valence-corrected chi connectivity index (χ2v) is 4.81. The molecule has 0 saturated carbocycles. The highest BCUT2D eigenvalue weighted by Crippen LogP contribution is 2.23. The Morgan fingerprint density at radius 1 is 1.21 bits per heavy atom. The summed E-state index contributed by atoms with van der Waals surface area (Å²) in [6.07, 6.45) is -4.81. The summed E-state index contributed by atoms with van der Waals surface area (Å²) in [6, 6.07) is 2.44. The fourth-order valence-electron chi connectivity index (χ4n) is 1.13. The molecule has 0 aliphatic heterocycles. The van der Waals surface area contributed by atoms with Crippen molar-refractivity contribution in [2.24, 2.45) is 5.14 Å². The number of benzene rings is 1. The van der Waals surface area contributed by atoms with Gasteiger partial charge in [0.15, 0.2) is 0 Å². The number of hydrogen-bond donors (Lipinski definition) is 1. The molecule has 0 amide bonds. The molecule has 19 heavy (non-hydrogen) atoms. The summed E-state index contributed by atoms with van der Waals surface area (Å²) in [5, 5.41) is 4.81. The molecule has 0 aliphatic carbocycles. The predicted octanol–water partition coefficient (Wildman–Crippen LogP) is 1.39. The normalized spacial score (nSPS) is 12.5. The van der Waals surface area contributed by atoms with Gasteiger partial charge in [0.1, 0.15) is 23.1 Å². The largest absolute Gasteiger partial charge is 0.522 e. The van der Waals surface area contributed by atoms with Gasteiger partial charge >= 0.3 is 6.36 Å². The molecule has 0 radical (unpaired) electrons. The van der Waals surface area contributed by atoms with Crippen LogP contribution in [0.15, 0.2) is 23.1 Å². The average Bonchev–Trinajstić information content (AvgIpc) is 2.23. The van der Waals surface area contributed by atoms with Gasteiger partial charge in [0.25, 0.3) is 0 Å². The van der Waals surface area contributed by atoms with E-state index in [4.69, 9.17) is 9.88 Å². The van der Waals surface area contributed by atoms with Gasteiger partial charge in [0.05, 0.1) is 6.61 Å². The lowest BCUT2D eigenvalue weighted by Crippen LogP contribution is -2.19. The molecule has 0 bridgehead atoms. The predicted molar refractivity (Wildman–Crippen MR) is 55.3 cm³/mol. The zero-order valence-corrected chi connectivity index (χ0v) is 10.1. The van der Waals surface area contributed by atoms with Crippen LogP contribution in [0.1, 0.15) is 0 Å². The van der Waals surface area contributed by atoms with Crippen molar-refractivity contribution in [3.63, 3.8) is 0 Å². The molecule has 0 unspecified atom stereocenters. The highest BCUT2D eigenvalue weighted by atomic mass is 32.2. The van der Waals surface area contributed by atoms with E-state index in [1.807, 2.05) is 0 Å². The third-order valence-corrected chi connectivity index (χ3v) is 2.75. The van der Waals surface area contributed by atoms with Crippen molar-refractivity contribution in [1.29, 1.82) is 0 Å². The Bertz CT molecular complexity index is 544. The lowest BCUT2D eigenvalue weighted by atomic mass is 10.3. The molecule has 0 fully saturated rings. The van der Waals surface area contributed by atoms with Gasteiger partial charge in [-0.05, 0) is 18.2 Å². The number of rotatable bonds is 5. The fourth-order valence-corrected chi connectivity index (χ4v) is 1.82. The quantitative estimate of drug-likeness (QED) is 0.658. The van der Waals surface area contributed by atoms with Gasteiger partial charge < -0.3 is 4.74 Å². The first-order valence-electron chi connectivity index (χ1n) is 4.75. The molecule has 108 valence electrons. The van der Waals surface area contributed by atoms with Crippen molar-refractivity contribution < 1.29 is 35.5 Å². The second kappa shape index (κ2) is 5.72. The summed E-state index contributed by atoms with van der Waals surface area (Å²) in [7, 11) is -4.25. The van der Waals surface area contributed by atoms with Crippen LogP contribution < -0.4 is 9.88 Å². The first-order valence-corrected chi connectivity index (χ1v) is 6.30. The van der Waals surface area contributed by atoms with Crippen LogP contribution >= 0.6 is 0 Å². The lowest BCUT2D eigenvalue weighted by molar-refractivity contribution is -0.325. The molecule has 2 N–H and O–H groups in total. The summed E-state index contributed by atoms with van der Waals surface area (Å²) in [6.45, 7) is -1.42. The Kier molecular flexibility index (Phi) is 4.71. The summed E-state index contributed by atoms with van der Waals surface area (Å²) in [5.41, 5.74) is 0. The SMILES string of the molecule is NS(=O)(=O)c1cc(F)ccc1OCCOC(F)(F)F. The van der Waals surface area contributed by atoms with Crippen LogP contribution in [0.25, 0.3) is 0 Å². The third-order valence-electron chi connectivity index (χ3n) is 1.82. The number of hydrogen-bond acceptors (Lipinski definition) is 4. The van der Waals surface area contributed by atoms with Gasteiger partial charge in [-0.25, -0.2) is 17.9 Å². The number of alkyl halides is 3. The zero-order valence-electron chi connectivity index (χ0n) is 9.28. The van der Waals surface area contributed by atoms with E-state index in [1.54, 1.807) is 0 Å². The monoisotopic (exact) mass is 303 g/mol.